The molecule has 2 rings (SSSR count). The van der Waals surface area contributed by atoms with Crippen LogP contribution in [0.5, 0.6) is 0 Å². The van der Waals surface area contributed by atoms with Crippen LogP contribution < -0.4 is 5.32 Å². The number of halogens is 1. The molecule has 19 heavy (non-hydrogen) atoms. The van der Waals surface area contributed by atoms with Gasteiger partial charge in [-0.1, -0.05) is 24.3 Å². The van der Waals surface area contributed by atoms with Crippen LogP contribution in [0.25, 0.3) is 0 Å². The summed E-state index contributed by atoms with van der Waals surface area (Å²) in [5.74, 6) is -0.222. The second-order valence-electron chi connectivity index (χ2n) is 4.92. The van der Waals surface area contributed by atoms with Crippen LogP contribution in [0, 0.1) is 5.82 Å². The summed E-state index contributed by atoms with van der Waals surface area (Å²) in [6.45, 7) is 2.56. The van der Waals surface area contributed by atoms with Crippen molar-refractivity contribution in [3.63, 3.8) is 0 Å². The van der Waals surface area contributed by atoms with Gasteiger partial charge in [-0.25, -0.2) is 4.39 Å². The van der Waals surface area contributed by atoms with Crippen LogP contribution in [0.4, 0.5) is 4.39 Å². The Morgan fingerprint density at radius 1 is 1.26 bits per heavy atom. The lowest BCUT2D eigenvalue weighted by Gasteiger charge is -2.29. The third-order valence-electron chi connectivity index (χ3n) is 3.16. The van der Waals surface area contributed by atoms with E-state index in [9.17, 15) is 9.50 Å². The highest BCUT2D eigenvalue weighted by Crippen LogP contribution is 2.17. The van der Waals surface area contributed by atoms with Crippen LogP contribution in [0.1, 0.15) is 17.4 Å². The second kappa shape index (κ2) is 6.28. The number of aliphatic hydroxyl groups is 1. The number of rotatable bonds is 6. The molecular weight excluding hydrogens is 261 g/mol. The zero-order valence-electron chi connectivity index (χ0n) is 10.9. The van der Waals surface area contributed by atoms with Crippen molar-refractivity contribution in [3.05, 3.63) is 58.0 Å². The molecule has 1 aromatic heterocycles. The maximum Gasteiger partial charge on any atom is 0.126 e. The molecule has 0 bridgehead atoms. The largest absolute Gasteiger partial charge is 0.394 e. The Bertz CT molecular complexity index is 515. The third-order valence-corrected chi connectivity index (χ3v) is 4.03. The number of hydrogen-bond donors (Lipinski definition) is 2. The van der Waals surface area contributed by atoms with Gasteiger partial charge in [0.15, 0.2) is 0 Å². The molecule has 0 saturated carbocycles. The van der Waals surface area contributed by atoms with Crippen LogP contribution in [0.3, 0.4) is 0 Å². The van der Waals surface area contributed by atoms with E-state index in [1.807, 2.05) is 30.5 Å². The van der Waals surface area contributed by atoms with Gasteiger partial charge in [0.05, 0.1) is 6.61 Å². The molecule has 4 heteroatoms. The van der Waals surface area contributed by atoms with Gasteiger partial charge in [0, 0.05) is 17.0 Å². The lowest BCUT2D eigenvalue weighted by atomic mass is 9.93. The van der Waals surface area contributed by atoms with Crippen LogP contribution in [0.2, 0.25) is 0 Å². The molecule has 0 saturated heterocycles. The molecule has 0 aliphatic carbocycles. The van der Waals surface area contributed by atoms with Crippen molar-refractivity contribution in [1.29, 1.82) is 0 Å². The first-order valence-corrected chi connectivity index (χ1v) is 7.13. The predicted molar refractivity (Wildman–Crippen MR) is 76.8 cm³/mol. The normalized spacial score (nSPS) is 14.3. The smallest absolute Gasteiger partial charge is 0.126 e. The Hall–Kier alpha value is -1.23. The Kier molecular flexibility index (Phi) is 4.69. The Morgan fingerprint density at radius 3 is 2.68 bits per heavy atom. The zero-order chi connectivity index (χ0) is 13.7. The summed E-state index contributed by atoms with van der Waals surface area (Å²) in [5.41, 5.74) is 0.101. The molecule has 0 amide bonds. The van der Waals surface area contributed by atoms with E-state index in [0.717, 1.165) is 0 Å². The highest BCUT2D eigenvalue weighted by molar-refractivity contribution is 7.09. The number of nitrogens with one attached hydrogen (secondary N) is 1. The summed E-state index contributed by atoms with van der Waals surface area (Å²) in [6, 6.07) is 10.7. The number of benzene rings is 1. The summed E-state index contributed by atoms with van der Waals surface area (Å²) < 4.78 is 13.7. The first-order chi connectivity index (χ1) is 9.13. The maximum absolute atomic E-state index is 13.7. The molecule has 1 atom stereocenters. The van der Waals surface area contributed by atoms with E-state index >= 15 is 0 Å². The number of aliphatic hydroxyl groups excluding tert-OH is 1. The average Bonchev–Trinajstić information content (AvgIpc) is 2.93. The minimum atomic E-state index is -0.522. The highest BCUT2D eigenvalue weighted by Gasteiger charge is 2.24. The summed E-state index contributed by atoms with van der Waals surface area (Å²) in [7, 11) is 0. The second-order valence-corrected chi connectivity index (χ2v) is 5.95. The monoisotopic (exact) mass is 279 g/mol. The fraction of sp³-hybridized carbons (Fsp3) is 0.333. The Morgan fingerprint density at radius 2 is 2.05 bits per heavy atom. The lowest BCUT2D eigenvalue weighted by Crippen LogP contribution is -2.47. The van der Waals surface area contributed by atoms with Gasteiger partial charge in [-0.2, -0.15) is 0 Å². The molecule has 102 valence electrons. The van der Waals surface area contributed by atoms with E-state index in [0.29, 0.717) is 18.5 Å². The van der Waals surface area contributed by atoms with Crippen LogP contribution in [0.15, 0.2) is 41.8 Å². The minimum Gasteiger partial charge on any atom is -0.394 e. The fourth-order valence-corrected chi connectivity index (χ4v) is 2.59. The SMILES string of the molecule is CC(CO)(Cc1ccccc1F)NCc1cccs1. The van der Waals surface area contributed by atoms with Crippen molar-refractivity contribution in [3.8, 4) is 0 Å². The van der Waals surface area contributed by atoms with Crippen molar-refractivity contribution >= 4 is 11.3 Å². The van der Waals surface area contributed by atoms with Gasteiger partial charge >= 0.3 is 0 Å². The van der Waals surface area contributed by atoms with Crippen molar-refractivity contribution in [1.82, 2.24) is 5.32 Å². The fourth-order valence-electron chi connectivity index (χ4n) is 1.95. The molecule has 2 nitrogen and oxygen atoms in total. The van der Waals surface area contributed by atoms with E-state index in [-0.39, 0.29) is 12.4 Å². The molecule has 1 aromatic carbocycles. The molecule has 2 N–H and O–H groups in total. The van der Waals surface area contributed by atoms with Gasteiger partial charge in [-0.3, -0.25) is 0 Å². The summed E-state index contributed by atoms with van der Waals surface area (Å²) in [4.78, 5) is 1.20. The van der Waals surface area contributed by atoms with E-state index in [1.165, 1.54) is 10.9 Å². The van der Waals surface area contributed by atoms with E-state index in [4.69, 9.17) is 0 Å². The average molecular weight is 279 g/mol. The molecule has 0 spiro atoms. The Labute approximate surface area is 116 Å². The topological polar surface area (TPSA) is 32.3 Å². The van der Waals surface area contributed by atoms with Crippen LogP contribution in [-0.4, -0.2) is 17.3 Å². The molecular formula is C15H18FNOS. The van der Waals surface area contributed by atoms with Gasteiger partial charge in [0.25, 0.3) is 0 Å². The van der Waals surface area contributed by atoms with Crippen molar-refractivity contribution in [2.45, 2.75) is 25.4 Å². The summed E-state index contributed by atoms with van der Waals surface area (Å²) in [5, 5.41) is 14.9. The van der Waals surface area contributed by atoms with Crippen LogP contribution in [-0.2, 0) is 13.0 Å². The van der Waals surface area contributed by atoms with Crippen molar-refractivity contribution < 1.29 is 9.50 Å². The zero-order valence-corrected chi connectivity index (χ0v) is 11.7. The molecule has 1 unspecified atom stereocenters. The maximum atomic E-state index is 13.7. The van der Waals surface area contributed by atoms with Gasteiger partial charge < -0.3 is 10.4 Å². The standard InChI is InChI=1S/C15H18FNOS/c1-15(11-18,17-10-13-6-4-8-19-13)9-12-5-2-3-7-14(12)16/h2-8,17-18H,9-11H2,1H3. The molecule has 0 radical (unpaired) electrons. The first-order valence-electron chi connectivity index (χ1n) is 6.25. The Balaban J connectivity index is 2.03. The van der Waals surface area contributed by atoms with Crippen molar-refractivity contribution in [2.24, 2.45) is 0 Å². The van der Waals surface area contributed by atoms with Gasteiger partial charge in [0.2, 0.25) is 0 Å². The predicted octanol–water partition coefficient (Wildman–Crippen LogP) is 2.97. The number of thiophene rings is 1. The minimum absolute atomic E-state index is 0.0350. The molecule has 0 aliphatic heterocycles. The van der Waals surface area contributed by atoms with Gasteiger partial charge in [-0.05, 0) is 36.4 Å². The van der Waals surface area contributed by atoms with Gasteiger partial charge in [0.1, 0.15) is 5.82 Å². The summed E-state index contributed by atoms with van der Waals surface area (Å²) >= 11 is 1.67. The molecule has 0 aliphatic rings. The molecule has 0 fully saturated rings. The van der Waals surface area contributed by atoms with E-state index in [1.54, 1.807) is 23.5 Å². The van der Waals surface area contributed by atoms with Crippen molar-refractivity contribution in [2.75, 3.05) is 6.61 Å². The number of hydrogen-bond acceptors (Lipinski definition) is 3. The quantitative estimate of drug-likeness (QED) is 0.852. The lowest BCUT2D eigenvalue weighted by molar-refractivity contribution is 0.172. The molecule has 1 heterocycles. The summed E-state index contributed by atoms with van der Waals surface area (Å²) in [6.07, 6.45) is 0.460. The van der Waals surface area contributed by atoms with E-state index in [2.05, 4.69) is 5.32 Å². The molecule has 2 aromatic rings. The third kappa shape index (κ3) is 3.86. The van der Waals surface area contributed by atoms with Gasteiger partial charge in [-0.15, -0.1) is 11.3 Å². The highest BCUT2D eigenvalue weighted by atomic mass is 32.1. The van der Waals surface area contributed by atoms with Crippen LogP contribution >= 0.6 is 11.3 Å². The first kappa shape index (κ1) is 14.2. The van der Waals surface area contributed by atoms with E-state index < -0.39 is 5.54 Å².